The van der Waals surface area contributed by atoms with E-state index in [2.05, 4.69) is 0 Å². The summed E-state index contributed by atoms with van der Waals surface area (Å²) in [6.45, 7) is -0.557. The van der Waals surface area contributed by atoms with Gasteiger partial charge in [-0.2, -0.15) is 0 Å². The van der Waals surface area contributed by atoms with Gasteiger partial charge >= 0.3 is 0 Å². The number of hydrogen-bond donors (Lipinski definition) is 0. The molecule has 2 nitrogen and oxygen atoms in total. The summed E-state index contributed by atoms with van der Waals surface area (Å²) in [4.78, 5) is 10.2. The third-order valence-electron chi connectivity index (χ3n) is 2.12. The first kappa shape index (κ1) is 10.7. The van der Waals surface area contributed by atoms with E-state index in [1.54, 1.807) is 12.1 Å². The van der Waals surface area contributed by atoms with Gasteiger partial charge in [-0.05, 0) is 18.1 Å². The van der Waals surface area contributed by atoms with E-state index in [4.69, 9.17) is 4.74 Å². The number of rotatable bonds is 5. The van der Waals surface area contributed by atoms with Crippen molar-refractivity contribution in [3.63, 3.8) is 0 Å². The summed E-state index contributed by atoms with van der Waals surface area (Å²) < 4.78 is 17.7. The minimum atomic E-state index is -0.557. The summed E-state index contributed by atoms with van der Waals surface area (Å²) >= 11 is 0. The molecule has 0 unspecified atom stereocenters. The van der Waals surface area contributed by atoms with Crippen molar-refractivity contribution in [3.05, 3.63) is 29.3 Å². The molecule has 1 aromatic carbocycles. The second-order valence-corrected chi connectivity index (χ2v) is 2.94. The predicted octanol–water partition coefficient (Wildman–Crippen LogP) is 2.30. The molecule has 1 rings (SSSR count). The lowest BCUT2D eigenvalue weighted by atomic mass is 10.0. The first-order valence-corrected chi connectivity index (χ1v) is 4.47. The second kappa shape index (κ2) is 5.37. The lowest BCUT2D eigenvalue weighted by Crippen LogP contribution is -1.97. The summed E-state index contributed by atoms with van der Waals surface area (Å²) in [6, 6.07) is 5.35. The van der Waals surface area contributed by atoms with Gasteiger partial charge in [0, 0.05) is 12.0 Å². The van der Waals surface area contributed by atoms with E-state index in [9.17, 15) is 9.18 Å². The Hall–Kier alpha value is -1.38. The predicted molar refractivity (Wildman–Crippen MR) is 52.2 cm³/mol. The van der Waals surface area contributed by atoms with E-state index in [1.165, 1.54) is 7.11 Å². The van der Waals surface area contributed by atoms with Crippen LogP contribution in [0.3, 0.4) is 0 Å². The molecule has 0 saturated heterocycles. The highest BCUT2D eigenvalue weighted by Gasteiger charge is 2.07. The summed E-state index contributed by atoms with van der Waals surface area (Å²) in [6.07, 6.45) is 1.82. The quantitative estimate of drug-likeness (QED) is 0.675. The Kier molecular flexibility index (Phi) is 4.11. The highest BCUT2D eigenvalue weighted by Crippen LogP contribution is 2.23. The Morgan fingerprint density at radius 3 is 2.86 bits per heavy atom. The SMILES string of the molecule is COc1cccc(CCC=O)c1CF. The van der Waals surface area contributed by atoms with Crippen molar-refractivity contribution in [2.75, 3.05) is 7.11 Å². The van der Waals surface area contributed by atoms with Crippen LogP contribution < -0.4 is 4.74 Å². The first-order valence-electron chi connectivity index (χ1n) is 4.47. The smallest absolute Gasteiger partial charge is 0.124 e. The van der Waals surface area contributed by atoms with Gasteiger partial charge in [-0.25, -0.2) is 4.39 Å². The fourth-order valence-electron chi connectivity index (χ4n) is 1.40. The van der Waals surface area contributed by atoms with Gasteiger partial charge in [0.25, 0.3) is 0 Å². The molecular weight excluding hydrogens is 183 g/mol. The average Bonchev–Trinajstić information content (AvgIpc) is 2.25. The number of hydrogen-bond acceptors (Lipinski definition) is 2. The molecule has 0 heterocycles. The molecule has 0 spiro atoms. The first-order chi connectivity index (χ1) is 6.83. The Morgan fingerprint density at radius 1 is 1.50 bits per heavy atom. The Balaban J connectivity index is 2.95. The largest absolute Gasteiger partial charge is 0.496 e. The van der Waals surface area contributed by atoms with Crippen LogP contribution in [0.4, 0.5) is 4.39 Å². The fraction of sp³-hybridized carbons (Fsp3) is 0.364. The zero-order chi connectivity index (χ0) is 10.4. The van der Waals surface area contributed by atoms with E-state index in [0.29, 0.717) is 24.2 Å². The lowest BCUT2D eigenvalue weighted by molar-refractivity contribution is -0.107. The van der Waals surface area contributed by atoms with Gasteiger partial charge in [-0.1, -0.05) is 12.1 Å². The van der Waals surface area contributed by atoms with E-state index in [1.807, 2.05) is 6.07 Å². The number of carbonyl (C=O) groups excluding carboxylic acids is 1. The van der Waals surface area contributed by atoms with E-state index < -0.39 is 6.67 Å². The van der Waals surface area contributed by atoms with Gasteiger partial charge in [0.05, 0.1) is 7.11 Å². The topological polar surface area (TPSA) is 26.3 Å². The van der Waals surface area contributed by atoms with Crippen LogP contribution in [0.5, 0.6) is 5.75 Å². The van der Waals surface area contributed by atoms with Gasteiger partial charge in [0.15, 0.2) is 0 Å². The number of alkyl halides is 1. The van der Waals surface area contributed by atoms with Crippen molar-refractivity contribution in [1.82, 2.24) is 0 Å². The zero-order valence-electron chi connectivity index (χ0n) is 8.13. The van der Waals surface area contributed by atoms with Crippen LogP contribution in [-0.4, -0.2) is 13.4 Å². The van der Waals surface area contributed by atoms with Crippen LogP contribution in [0.2, 0.25) is 0 Å². The molecule has 0 atom stereocenters. The number of aldehydes is 1. The average molecular weight is 196 g/mol. The molecule has 0 amide bonds. The number of carbonyl (C=O) groups is 1. The number of ether oxygens (including phenoxy) is 1. The maximum Gasteiger partial charge on any atom is 0.124 e. The Bertz CT molecular complexity index is 310. The fourth-order valence-corrected chi connectivity index (χ4v) is 1.40. The number of methoxy groups -OCH3 is 1. The van der Waals surface area contributed by atoms with Crippen LogP contribution in [0.25, 0.3) is 0 Å². The molecule has 0 aliphatic heterocycles. The lowest BCUT2D eigenvalue weighted by Gasteiger charge is -2.09. The van der Waals surface area contributed by atoms with Crippen molar-refractivity contribution >= 4 is 6.29 Å². The molecule has 0 aliphatic carbocycles. The van der Waals surface area contributed by atoms with Crippen LogP contribution >= 0.6 is 0 Å². The second-order valence-electron chi connectivity index (χ2n) is 2.94. The molecule has 3 heteroatoms. The van der Waals surface area contributed by atoms with Crippen molar-refractivity contribution in [2.24, 2.45) is 0 Å². The van der Waals surface area contributed by atoms with Gasteiger partial charge in [-0.3, -0.25) is 0 Å². The van der Waals surface area contributed by atoms with E-state index >= 15 is 0 Å². The van der Waals surface area contributed by atoms with Gasteiger partial charge in [-0.15, -0.1) is 0 Å². The van der Waals surface area contributed by atoms with Crippen molar-refractivity contribution < 1.29 is 13.9 Å². The molecule has 1 aromatic rings. The minimum Gasteiger partial charge on any atom is -0.496 e. The number of benzene rings is 1. The number of aryl methyl sites for hydroxylation is 1. The van der Waals surface area contributed by atoms with E-state index in [0.717, 1.165) is 11.8 Å². The Labute approximate surface area is 82.7 Å². The third kappa shape index (κ3) is 2.31. The molecule has 0 fully saturated rings. The highest BCUT2D eigenvalue weighted by molar-refractivity contribution is 5.51. The van der Waals surface area contributed by atoms with E-state index in [-0.39, 0.29) is 0 Å². The third-order valence-corrected chi connectivity index (χ3v) is 2.12. The highest BCUT2D eigenvalue weighted by atomic mass is 19.1. The van der Waals surface area contributed by atoms with Gasteiger partial charge in [0.1, 0.15) is 18.7 Å². The molecule has 0 aromatic heterocycles. The maximum atomic E-state index is 12.7. The molecule has 0 bridgehead atoms. The summed E-state index contributed by atoms with van der Waals surface area (Å²) in [5, 5.41) is 0. The van der Waals surface area contributed by atoms with Crippen LogP contribution in [0.1, 0.15) is 17.5 Å². The Morgan fingerprint density at radius 2 is 2.29 bits per heavy atom. The van der Waals surface area contributed by atoms with Crippen molar-refractivity contribution in [2.45, 2.75) is 19.5 Å². The maximum absolute atomic E-state index is 12.7. The van der Waals surface area contributed by atoms with Gasteiger partial charge in [0.2, 0.25) is 0 Å². The van der Waals surface area contributed by atoms with Crippen molar-refractivity contribution in [3.8, 4) is 5.75 Å². The molecular formula is C11H13FO2. The molecule has 0 saturated carbocycles. The molecule has 14 heavy (non-hydrogen) atoms. The summed E-state index contributed by atoms with van der Waals surface area (Å²) in [5.74, 6) is 0.552. The summed E-state index contributed by atoms with van der Waals surface area (Å²) in [7, 11) is 1.51. The molecule has 0 radical (unpaired) electrons. The van der Waals surface area contributed by atoms with Crippen molar-refractivity contribution in [1.29, 1.82) is 0 Å². The zero-order valence-corrected chi connectivity index (χ0v) is 8.13. The minimum absolute atomic E-state index is 0.417. The standard InChI is InChI=1S/C11H13FO2/c1-14-11-6-2-4-9(5-3-7-13)10(11)8-12/h2,4,6-7H,3,5,8H2,1H3. The molecule has 0 aliphatic rings. The number of halogens is 1. The van der Waals surface area contributed by atoms with Crippen LogP contribution in [0.15, 0.2) is 18.2 Å². The molecule has 0 N–H and O–H groups in total. The van der Waals surface area contributed by atoms with Gasteiger partial charge < -0.3 is 9.53 Å². The van der Waals surface area contributed by atoms with Crippen LogP contribution in [-0.2, 0) is 17.9 Å². The van der Waals surface area contributed by atoms with Crippen LogP contribution in [0, 0.1) is 0 Å². The monoisotopic (exact) mass is 196 g/mol. The normalized spacial score (nSPS) is 9.86. The summed E-state index contributed by atoms with van der Waals surface area (Å²) in [5.41, 5.74) is 1.40. The molecule has 76 valence electrons.